The van der Waals surface area contributed by atoms with Crippen molar-refractivity contribution in [1.82, 2.24) is 15.1 Å². The van der Waals surface area contributed by atoms with Gasteiger partial charge < -0.3 is 10.2 Å². The minimum atomic E-state index is 0.496. The van der Waals surface area contributed by atoms with Crippen LogP contribution < -0.4 is 5.32 Å². The molecule has 1 N–H and O–H groups in total. The highest BCUT2D eigenvalue weighted by atomic mass is 15.2. The Balaban J connectivity index is 1.88. The number of likely N-dealkylation sites (N-methyl/N-ethyl adjacent to an activating group) is 2. The number of nitrogens with one attached hydrogen (secondary N) is 1. The molecule has 0 spiro atoms. The van der Waals surface area contributed by atoms with Gasteiger partial charge in [0.05, 0.1) is 0 Å². The Bertz CT molecular complexity index is 223. The summed E-state index contributed by atoms with van der Waals surface area (Å²) in [6, 6.07) is 0.716. The fourth-order valence-electron chi connectivity index (χ4n) is 3.18. The molecule has 94 valence electrons. The molecule has 2 aliphatic rings. The minimum Gasteiger partial charge on any atom is -0.316 e. The highest BCUT2D eigenvalue weighted by Gasteiger charge is 2.40. The van der Waals surface area contributed by atoms with Gasteiger partial charge >= 0.3 is 0 Å². The predicted molar refractivity (Wildman–Crippen MR) is 68.8 cm³/mol. The number of hydrogen-bond acceptors (Lipinski definition) is 3. The first kappa shape index (κ1) is 12.3. The van der Waals surface area contributed by atoms with Crippen molar-refractivity contribution in [1.29, 1.82) is 0 Å². The highest BCUT2D eigenvalue weighted by molar-refractivity contribution is 4.99. The lowest BCUT2D eigenvalue weighted by Crippen LogP contribution is -2.59. The lowest BCUT2D eigenvalue weighted by atomic mass is 9.75. The molecule has 0 radical (unpaired) electrons. The Hall–Kier alpha value is -0.120. The monoisotopic (exact) mass is 225 g/mol. The van der Waals surface area contributed by atoms with Crippen molar-refractivity contribution in [2.75, 3.05) is 40.8 Å². The Kier molecular flexibility index (Phi) is 3.88. The summed E-state index contributed by atoms with van der Waals surface area (Å²) < 4.78 is 0. The third kappa shape index (κ3) is 2.41. The maximum Gasteiger partial charge on any atom is 0.0330 e. The average molecular weight is 225 g/mol. The highest BCUT2D eigenvalue weighted by Crippen LogP contribution is 2.37. The largest absolute Gasteiger partial charge is 0.316 e. The zero-order valence-electron chi connectivity index (χ0n) is 11.1. The SMILES string of the molecule is CNC1CCCN(CC2(N(C)C)CCC2)C1. The van der Waals surface area contributed by atoms with Crippen molar-refractivity contribution < 1.29 is 0 Å². The number of rotatable bonds is 4. The molecule has 0 aromatic rings. The van der Waals surface area contributed by atoms with Crippen LogP contribution in [0.2, 0.25) is 0 Å². The van der Waals surface area contributed by atoms with Gasteiger partial charge in [-0.1, -0.05) is 0 Å². The number of piperidine rings is 1. The van der Waals surface area contributed by atoms with Crippen molar-refractivity contribution in [2.24, 2.45) is 0 Å². The summed E-state index contributed by atoms with van der Waals surface area (Å²) in [6.07, 6.45) is 6.90. The average Bonchev–Trinajstić information content (AvgIpc) is 2.23. The normalized spacial score (nSPS) is 30.4. The van der Waals surface area contributed by atoms with Gasteiger partial charge in [-0.15, -0.1) is 0 Å². The van der Waals surface area contributed by atoms with E-state index in [9.17, 15) is 0 Å². The topological polar surface area (TPSA) is 18.5 Å². The molecule has 0 aromatic carbocycles. The summed E-state index contributed by atoms with van der Waals surface area (Å²) in [5.41, 5.74) is 0.496. The molecule has 2 fully saturated rings. The maximum absolute atomic E-state index is 3.43. The Morgan fingerprint density at radius 3 is 2.56 bits per heavy atom. The standard InChI is InChI=1S/C13H27N3/c1-14-12-6-4-9-16(10-12)11-13(15(2)3)7-5-8-13/h12,14H,4-11H2,1-3H3. The van der Waals surface area contributed by atoms with Crippen LogP contribution in [0, 0.1) is 0 Å². The molecule has 1 unspecified atom stereocenters. The van der Waals surface area contributed by atoms with E-state index in [4.69, 9.17) is 0 Å². The molecule has 0 aromatic heterocycles. The van der Waals surface area contributed by atoms with Gasteiger partial charge in [-0.25, -0.2) is 0 Å². The number of nitrogens with zero attached hydrogens (tertiary/aromatic N) is 2. The van der Waals surface area contributed by atoms with Crippen molar-refractivity contribution in [3.05, 3.63) is 0 Å². The van der Waals surface area contributed by atoms with Gasteiger partial charge in [0.2, 0.25) is 0 Å². The molecule has 16 heavy (non-hydrogen) atoms. The van der Waals surface area contributed by atoms with Crippen LogP contribution in [-0.2, 0) is 0 Å². The van der Waals surface area contributed by atoms with E-state index >= 15 is 0 Å². The molecule has 1 aliphatic heterocycles. The van der Waals surface area contributed by atoms with E-state index in [2.05, 4.69) is 36.3 Å². The smallest absolute Gasteiger partial charge is 0.0330 e. The molecule has 1 saturated heterocycles. The summed E-state index contributed by atoms with van der Waals surface area (Å²) in [5.74, 6) is 0. The van der Waals surface area contributed by atoms with Crippen LogP contribution in [0.4, 0.5) is 0 Å². The van der Waals surface area contributed by atoms with Gasteiger partial charge in [0, 0.05) is 24.7 Å². The van der Waals surface area contributed by atoms with Crippen LogP contribution in [0.1, 0.15) is 32.1 Å². The fraction of sp³-hybridized carbons (Fsp3) is 1.00. The first-order valence-electron chi connectivity index (χ1n) is 6.73. The van der Waals surface area contributed by atoms with Gasteiger partial charge in [-0.05, 0) is 59.8 Å². The van der Waals surface area contributed by atoms with E-state index in [0.29, 0.717) is 11.6 Å². The second-order valence-corrected chi connectivity index (χ2v) is 5.84. The number of likely N-dealkylation sites (tertiary alicyclic amines) is 1. The van der Waals surface area contributed by atoms with E-state index < -0.39 is 0 Å². The summed E-state index contributed by atoms with van der Waals surface area (Å²) in [7, 11) is 6.59. The molecule has 1 atom stereocenters. The van der Waals surface area contributed by atoms with Gasteiger partial charge in [0.25, 0.3) is 0 Å². The van der Waals surface area contributed by atoms with E-state index in [1.807, 2.05) is 0 Å². The summed E-state index contributed by atoms with van der Waals surface area (Å²) in [4.78, 5) is 5.13. The Morgan fingerprint density at radius 2 is 2.06 bits per heavy atom. The zero-order valence-corrected chi connectivity index (χ0v) is 11.1. The lowest BCUT2D eigenvalue weighted by Gasteiger charge is -2.51. The molecule has 0 amide bonds. The van der Waals surface area contributed by atoms with Crippen LogP contribution in [0.3, 0.4) is 0 Å². The molecular formula is C13H27N3. The maximum atomic E-state index is 3.43. The van der Waals surface area contributed by atoms with Gasteiger partial charge in [0.15, 0.2) is 0 Å². The van der Waals surface area contributed by atoms with Crippen LogP contribution >= 0.6 is 0 Å². The lowest BCUT2D eigenvalue weighted by molar-refractivity contribution is 0.0115. The zero-order chi connectivity index (χ0) is 11.6. The predicted octanol–water partition coefficient (Wildman–Crippen LogP) is 1.15. The Labute approximate surface area is 100 Å². The first-order valence-corrected chi connectivity index (χ1v) is 6.73. The molecule has 1 heterocycles. The van der Waals surface area contributed by atoms with E-state index in [1.54, 1.807) is 0 Å². The molecule has 1 aliphatic carbocycles. The fourth-order valence-corrected chi connectivity index (χ4v) is 3.18. The van der Waals surface area contributed by atoms with Crippen molar-refractivity contribution in [3.8, 4) is 0 Å². The second-order valence-electron chi connectivity index (χ2n) is 5.84. The van der Waals surface area contributed by atoms with E-state index in [1.165, 1.54) is 51.7 Å². The summed E-state index contributed by atoms with van der Waals surface area (Å²) >= 11 is 0. The van der Waals surface area contributed by atoms with Gasteiger partial charge in [-0.3, -0.25) is 4.90 Å². The van der Waals surface area contributed by atoms with Crippen molar-refractivity contribution in [2.45, 2.75) is 43.7 Å². The second kappa shape index (κ2) is 5.03. The minimum absolute atomic E-state index is 0.496. The molecular weight excluding hydrogens is 198 g/mol. The van der Waals surface area contributed by atoms with Crippen LogP contribution in [0.25, 0.3) is 0 Å². The van der Waals surface area contributed by atoms with Crippen molar-refractivity contribution in [3.63, 3.8) is 0 Å². The first-order chi connectivity index (χ1) is 7.66. The van der Waals surface area contributed by atoms with E-state index in [-0.39, 0.29) is 0 Å². The van der Waals surface area contributed by atoms with Crippen LogP contribution in [-0.4, -0.2) is 62.2 Å². The van der Waals surface area contributed by atoms with Gasteiger partial charge in [0.1, 0.15) is 0 Å². The van der Waals surface area contributed by atoms with E-state index in [0.717, 1.165) is 0 Å². The Morgan fingerprint density at radius 1 is 1.31 bits per heavy atom. The van der Waals surface area contributed by atoms with Crippen LogP contribution in [0.15, 0.2) is 0 Å². The molecule has 2 rings (SSSR count). The molecule has 3 nitrogen and oxygen atoms in total. The number of hydrogen-bond donors (Lipinski definition) is 1. The summed E-state index contributed by atoms with van der Waals surface area (Å²) in [6.45, 7) is 3.82. The van der Waals surface area contributed by atoms with Crippen molar-refractivity contribution >= 4 is 0 Å². The van der Waals surface area contributed by atoms with Gasteiger partial charge in [-0.2, -0.15) is 0 Å². The molecule has 1 saturated carbocycles. The third-order valence-corrected chi connectivity index (χ3v) is 4.66. The molecule has 3 heteroatoms. The summed E-state index contributed by atoms with van der Waals surface area (Å²) in [5, 5.41) is 3.43. The third-order valence-electron chi connectivity index (χ3n) is 4.66. The quantitative estimate of drug-likeness (QED) is 0.774. The molecule has 0 bridgehead atoms. The van der Waals surface area contributed by atoms with Crippen LogP contribution in [0.5, 0.6) is 0 Å².